The second-order valence-electron chi connectivity index (χ2n) is 5.25. The van der Waals surface area contributed by atoms with Gasteiger partial charge in [0, 0.05) is 6.04 Å². The number of halogens is 1. The average molecular weight is 292 g/mol. The summed E-state index contributed by atoms with van der Waals surface area (Å²) in [5.41, 5.74) is 1.12. The monoisotopic (exact) mass is 291 g/mol. The number of hydrogen-bond acceptors (Lipinski definition) is 3. The molecule has 0 aliphatic heterocycles. The van der Waals surface area contributed by atoms with Crippen molar-refractivity contribution >= 4 is 11.6 Å². The molecule has 1 heterocycles. The lowest BCUT2D eigenvalue weighted by atomic mass is 10.2. The molecule has 0 bridgehead atoms. The van der Waals surface area contributed by atoms with Crippen molar-refractivity contribution in [3.63, 3.8) is 0 Å². The Kier molecular flexibility index (Phi) is 3.99. The van der Waals surface area contributed by atoms with E-state index in [1.165, 1.54) is 12.8 Å². The van der Waals surface area contributed by atoms with E-state index in [-0.39, 0.29) is 0 Å². The number of rotatable bonds is 6. The van der Waals surface area contributed by atoms with Crippen LogP contribution in [0.1, 0.15) is 29.9 Å². The Morgan fingerprint density at radius 3 is 2.80 bits per heavy atom. The number of benzene rings is 1. The van der Waals surface area contributed by atoms with E-state index >= 15 is 0 Å². The molecule has 2 aromatic rings. The maximum atomic E-state index is 6.13. The van der Waals surface area contributed by atoms with Gasteiger partial charge in [-0.3, -0.25) is 0 Å². The highest BCUT2D eigenvalue weighted by molar-refractivity contribution is 6.32. The molecular weight excluding hydrogens is 274 g/mol. The van der Waals surface area contributed by atoms with Gasteiger partial charge in [0.1, 0.15) is 23.9 Å². The molecule has 1 saturated carbocycles. The van der Waals surface area contributed by atoms with E-state index in [0.29, 0.717) is 23.4 Å². The number of furan rings is 1. The minimum atomic E-state index is 0.395. The lowest BCUT2D eigenvalue weighted by Crippen LogP contribution is -2.14. The second kappa shape index (κ2) is 5.90. The van der Waals surface area contributed by atoms with Crippen LogP contribution in [0.5, 0.6) is 5.75 Å². The lowest BCUT2D eigenvalue weighted by Gasteiger charge is -2.07. The largest absolute Gasteiger partial charge is 0.484 e. The maximum absolute atomic E-state index is 6.13. The molecule has 1 aliphatic carbocycles. The molecule has 3 rings (SSSR count). The first-order valence-corrected chi connectivity index (χ1v) is 7.28. The van der Waals surface area contributed by atoms with Crippen molar-refractivity contribution in [3.05, 3.63) is 52.4 Å². The second-order valence-corrected chi connectivity index (χ2v) is 5.65. The molecule has 3 nitrogen and oxygen atoms in total. The fourth-order valence-corrected chi connectivity index (χ4v) is 2.29. The van der Waals surface area contributed by atoms with Crippen LogP contribution in [0.3, 0.4) is 0 Å². The fraction of sp³-hybridized carbons (Fsp3) is 0.375. The summed E-state index contributed by atoms with van der Waals surface area (Å²) in [4.78, 5) is 0. The molecule has 0 amide bonds. The summed E-state index contributed by atoms with van der Waals surface area (Å²) in [6, 6.07) is 10.4. The Balaban J connectivity index is 1.54. The first kappa shape index (κ1) is 13.5. The van der Waals surface area contributed by atoms with E-state index in [9.17, 15) is 0 Å². The summed E-state index contributed by atoms with van der Waals surface area (Å²) in [5.74, 6) is 2.45. The normalized spacial score (nSPS) is 14.5. The van der Waals surface area contributed by atoms with E-state index in [1.54, 1.807) is 0 Å². The van der Waals surface area contributed by atoms with Crippen LogP contribution in [0.2, 0.25) is 5.02 Å². The van der Waals surface area contributed by atoms with Crippen molar-refractivity contribution in [2.45, 2.75) is 39.0 Å². The van der Waals surface area contributed by atoms with Crippen molar-refractivity contribution in [3.8, 4) is 5.75 Å². The Hall–Kier alpha value is -1.45. The molecule has 1 fully saturated rings. The SMILES string of the molecule is Cc1ccc(OCc2ccc(CNC3CC3)o2)c(Cl)c1. The third-order valence-electron chi connectivity index (χ3n) is 3.32. The van der Waals surface area contributed by atoms with Crippen molar-refractivity contribution < 1.29 is 9.15 Å². The van der Waals surface area contributed by atoms with Gasteiger partial charge >= 0.3 is 0 Å². The van der Waals surface area contributed by atoms with Gasteiger partial charge in [0.2, 0.25) is 0 Å². The van der Waals surface area contributed by atoms with Gasteiger partial charge < -0.3 is 14.5 Å². The van der Waals surface area contributed by atoms with Gasteiger partial charge in [-0.2, -0.15) is 0 Å². The Morgan fingerprint density at radius 1 is 1.25 bits per heavy atom. The van der Waals surface area contributed by atoms with Gasteiger partial charge in [-0.15, -0.1) is 0 Å². The van der Waals surface area contributed by atoms with Gasteiger partial charge in [0.15, 0.2) is 0 Å². The van der Waals surface area contributed by atoms with Crippen LogP contribution in [0.4, 0.5) is 0 Å². The molecule has 0 atom stereocenters. The molecule has 106 valence electrons. The Bertz CT molecular complexity index is 590. The zero-order valence-corrected chi connectivity index (χ0v) is 12.2. The first-order valence-electron chi connectivity index (χ1n) is 6.90. The van der Waals surface area contributed by atoms with Gasteiger partial charge in [0.25, 0.3) is 0 Å². The molecular formula is C16H18ClNO2. The first-order chi connectivity index (χ1) is 9.70. The van der Waals surface area contributed by atoms with Crippen LogP contribution in [0.25, 0.3) is 0 Å². The molecule has 1 aliphatic rings. The number of aryl methyl sites for hydroxylation is 1. The summed E-state index contributed by atoms with van der Waals surface area (Å²) in [6.07, 6.45) is 2.56. The smallest absolute Gasteiger partial charge is 0.146 e. The fourth-order valence-electron chi connectivity index (χ4n) is 2.00. The molecule has 0 unspecified atom stereocenters. The highest BCUT2D eigenvalue weighted by atomic mass is 35.5. The van der Waals surface area contributed by atoms with Gasteiger partial charge in [-0.05, 0) is 49.6 Å². The van der Waals surface area contributed by atoms with Crippen LogP contribution in [0, 0.1) is 6.92 Å². The summed E-state index contributed by atoms with van der Waals surface area (Å²) < 4.78 is 11.4. The van der Waals surface area contributed by atoms with E-state index in [0.717, 1.165) is 23.6 Å². The molecule has 20 heavy (non-hydrogen) atoms. The highest BCUT2D eigenvalue weighted by Crippen LogP contribution is 2.26. The van der Waals surface area contributed by atoms with Gasteiger partial charge in [0.05, 0.1) is 11.6 Å². The van der Waals surface area contributed by atoms with Crippen LogP contribution >= 0.6 is 11.6 Å². The highest BCUT2D eigenvalue weighted by Gasteiger charge is 2.20. The molecule has 0 saturated heterocycles. The Morgan fingerprint density at radius 2 is 2.05 bits per heavy atom. The minimum absolute atomic E-state index is 0.395. The number of ether oxygens (including phenoxy) is 1. The van der Waals surface area contributed by atoms with Crippen LogP contribution < -0.4 is 10.1 Å². The van der Waals surface area contributed by atoms with Crippen molar-refractivity contribution in [1.29, 1.82) is 0 Å². The summed E-state index contributed by atoms with van der Waals surface area (Å²) >= 11 is 6.13. The third-order valence-corrected chi connectivity index (χ3v) is 3.61. The standard InChI is InChI=1S/C16H18ClNO2/c1-11-2-7-16(15(17)8-11)19-10-14-6-5-13(20-14)9-18-12-3-4-12/h2,5-8,12,18H,3-4,9-10H2,1H3. The van der Waals surface area contributed by atoms with E-state index in [1.807, 2.05) is 37.3 Å². The molecule has 0 radical (unpaired) electrons. The van der Waals surface area contributed by atoms with E-state index in [2.05, 4.69) is 5.32 Å². The Labute approximate surface area is 123 Å². The lowest BCUT2D eigenvalue weighted by molar-refractivity contribution is 0.265. The molecule has 1 N–H and O–H groups in total. The van der Waals surface area contributed by atoms with Crippen molar-refractivity contribution in [1.82, 2.24) is 5.32 Å². The zero-order chi connectivity index (χ0) is 13.9. The van der Waals surface area contributed by atoms with E-state index < -0.39 is 0 Å². The molecule has 1 aromatic carbocycles. The molecule has 1 aromatic heterocycles. The predicted octanol–water partition coefficient (Wildman–Crippen LogP) is 4.07. The van der Waals surface area contributed by atoms with Crippen molar-refractivity contribution in [2.24, 2.45) is 0 Å². The van der Waals surface area contributed by atoms with E-state index in [4.69, 9.17) is 20.8 Å². The van der Waals surface area contributed by atoms with Crippen LogP contribution in [0.15, 0.2) is 34.7 Å². The average Bonchev–Trinajstić information content (AvgIpc) is 3.14. The maximum Gasteiger partial charge on any atom is 0.146 e. The van der Waals surface area contributed by atoms with Gasteiger partial charge in [-0.1, -0.05) is 17.7 Å². The van der Waals surface area contributed by atoms with Crippen LogP contribution in [-0.2, 0) is 13.2 Å². The zero-order valence-electron chi connectivity index (χ0n) is 11.5. The number of hydrogen-bond donors (Lipinski definition) is 1. The summed E-state index contributed by atoms with van der Waals surface area (Å²) in [7, 11) is 0. The number of nitrogens with one attached hydrogen (secondary N) is 1. The molecule has 0 spiro atoms. The predicted molar refractivity (Wildman–Crippen MR) is 79.1 cm³/mol. The van der Waals surface area contributed by atoms with Crippen molar-refractivity contribution in [2.75, 3.05) is 0 Å². The third kappa shape index (κ3) is 3.56. The van der Waals surface area contributed by atoms with Gasteiger partial charge in [-0.25, -0.2) is 0 Å². The topological polar surface area (TPSA) is 34.4 Å². The minimum Gasteiger partial charge on any atom is -0.484 e. The molecule has 4 heteroatoms. The summed E-state index contributed by atoms with van der Waals surface area (Å²) in [5, 5.41) is 4.05. The summed E-state index contributed by atoms with van der Waals surface area (Å²) in [6.45, 7) is 3.18. The van der Waals surface area contributed by atoms with Crippen LogP contribution in [-0.4, -0.2) is 6.04 Å². The quantitative estimate of drug-likeness (QED) is 0.871.